The number of rotatable bonds is 7. The first-order chi connectivity index (χ1) is 15.4. The van der Waals surface area contributed by atoms with Crippen molar-refractivity contribution in [3.05, 3.63) is 56.9 Å². The molecule has 2 aromatic carbocycles. The van der Waals surface area contributed by atoms with Crippen LogP contribution < -0.4 is 9.47 Å². The van der Waals surface area contributed by atoms with Gasteiger partial charge in [-0.15, -0.1) is 0 Å². The number of ether oxygens (including phenoxy) is 3. The molecular formula is C23H23BrN2O5S. The van der Waals surface area contributed by atoms with Crippen molar-refractivity contribution in [3.63, 3.8) is 0 Å². The Bertz CT molecular complexity index is 1080. The lowest BCUT2D eigenvalue weighted by Crippen LogP contribution is -2.23. The SMILES string of the molecule is CCOC(=O)c1ccc(N=C2S/C(=C/c3cc(Br)c(OCC)c(OC)c3)C(=O)N2C)cc1. The van der Waals surface area contributed by atoms with Crippen LogP contribution in [0.3, 0.4) is 0 Å². The quantitative estimate of drug-likeness (QED) is 0.367. The molecule has 7 nitrogen and oxygen atoms in total. The van der Waals surface area contributed by atoms with Crippen LogP contribution in [0.15, 0.2) is 50.8 Å². The van der Waals surface area contributed by atoms with Gasteiger partial charge in [-0.1, -0.05) is 0 Å². The average Bonchev–Trinajstić information content (AvgIpc) is 3.03. The van der Waals surface area contributed by atoms with Crippen LogP contribution >= 0.6 is 27.7 Å². The Morgan fingerprint density at radius 1 is 1.19 bits per heavy atom. The maximum Gasteiger partial charge on any atom is 0.338 e. The lowest BCUT2D eigenvalue weighted by atomic mass is 10.2. The van der Waals surface area contributed by atoms with E-state index in [0.29, 0.717) is 46.0 Å². The average molecular weight is 519 g/mol. The standard InChI is InChI=1S/C23H23BrN2O5S/c1-5-30-20-17(24)11-14(12-18(20)29-4)13-19-21(27)26(3)23(32-19)25-16-9-7-15(8-10-16)22(28)31-6-2/h7-13H,5-6H2,1-4H3/b19-13+,25-23?. The maximum atomic E-state index is 12.8. The van der Waals surface area contributed by atoms with Crippen molar-refractivity contribution in [1.82, 2.24) is 4.90 Å². The van der Waals surface area contributed by atoms with E-state index < -0.39 is 0 Å². The van der Waals surface area contributed by atoms with Crippen molar-refractivity contribution in [2.45, 2.75) is 13.8 Å². The molecule has 1 amide bonds. The molecule has 168 valence electrons. The first kappa shape index (κ1) is 23.9. The van der Waals surface area contributed by atoms with Gasteiger partial charge in [-0.3, -0.25) is 9.69 Å². The van der Waals surface area contributed by atoms with Crippen molar-refractivity contribution in [1.29, 1.82) is 0 Å². The molecule has 9 heteroatoms. The Balaban J connectivity index is 1.85. The van der Waals surface area contributed by atoms with Gasteiger partial charge in [-0.25, -0.2) is 9.79 Å². The maximum absolute atomic E-state index is 12.8. The zero-order valence-electron chi connectivity index (χ0n) is 18.2. The molecule has 0 N–H and O–H groups in total. The summed E-state index contributed by atoms with van der Waals surface area (Å²) >= 11 is 4.78. The summed E-state index contributed by atoms with van der Waals surface area (Å²) < 4.78 is 16.8. The molecule has 0 aliphatic carbocycles. The number of methoxy groups -OCH3 is 1. The number of amidine groups is 1. The van der Waals surface area contributed by atoms with E-state index in [9.17, 15) is 9.59 Å². The van der Waals surface area contributed by atoms with E-state index in [-0.39, 0.29) is 11.9 Å². The summed E-state index contributed by atoms with van der Waals surface area (Å²) in [5, 5.41) is 0.544. The minimum Gasteiger partial charge on any atom is -0.493 e. The Hall–Kier alpha value is -2.78. The second kappa shape index (κ2) is 10.7. The lowest BCUT2D eigenvalue weighted by molar-refractivity contribution is -0.121. The summed E-state index contributed by atoms with van der Waals surface area (Å²) in [4.78, 5) is 31.1. The number of benzene rings is 2. The molecule has 0 atom stereocenters. The van der Waals surface area contributed by atoms with Crippen LogP contribution in [0.25, 0.3) is 6.08 Å². The fourth-order valence-corrected chi connectivity index (χ4v) is 4.47. The highest BCUT2D eigenvalue weighted by Gasteiger charge is 2.30. The van der Waals surface area contributed by atoms with E-state index >= 15 is 0 Å². The Morgan fingerprint density at radius 3 is 2.53 bits per heavy atom. The number of likely N-dealkylation sites (N-methyl/N-ethyl adjacent to an activating group) is 1. The van der Waals surface area contributed by atoms with E-state index in [1.165, 1.54) is 16.7 Å². The third kappa shape index (κ3) is 5.34. The molecule has 1 aliphatic heterocycles. The van der Waals surface area contributed by atoms with Crippen LogP contribution in [0.4, 0.5) is 5.69 Å². The second-order valence-electron chi connectivity index (χ2n) is 6.60. The number of thioether (sulfide) groups is 1. The minimum atomic E-state index is -0.378. The van der Waals surface area contributed by atoms with Crippen LogP contribution in [0.1, 0.15) is 29.8 Å². The molecule has 0 saturated carbocycles. The number of hydrogen-bond acceptors (Lipinski definition) is 7. The van der Waals surface area contributed by atoms with Gasteiger partial charge in [0.15, 0.2) is 16.7 Å². The van der Waals surface area contributed by atoms with Gasteiger partial charge in [0.05, 0.1) is 41.0 Å². The largest absolute Gasteiger partial charge is 0.493 e. The monoisotopic (exact) mass is 518 g/mol. The van der Waals surface area contributed by atoms with Crippen molar-refractivity contribution in [2.24, 2.45) is 4.99 Å². The molecule has 1 fully saturated rings. The normalized spacial score (nSPS) is 16.0. The summed E-state index contributed by atoms with van der Waals surface area (Å²) in [7, 11) is 3.25. The number of amides is 1. The summed E-state index contributed by atoms with van der Waals surface area (Å²) in [6.07, 6.45) is 1.79. The molecule has 0 bridgehead atoms. The van der Waals surface area contributed by atoms with Crippen molar-refractivity contribution in [2.75, 3.05) is 27.4 Å². The number of carbonyl (C=O) groups is 2. The Kier molecular flexibility index (Phi) is 7.98. The zero-order valence-corrected chi connectivity index (χ0v) is 20.6. The van der Waals surface area contributed by atoms with E-state index in [0.717, 1.165) is 10.0 Å². The lowest BCUT2D eigenvalue weighted by Gasteiger charge is -2.12. The summed E-state index contributed by atoms with van der Waals surface area (Å²) in [6, 6.07) is 10.4. The van der Waals surface area contributed by atoms with Crippen molar-refractivity contribution >= 4 is 56.5 Å². The Morgan fingerprint density at radius 2 is 1.91 bits per heavy atom. The van der Waals surface area contributed by atoms with Gasteiger partial charge in [0.2, 0.25) is 0 Å². The predicted molar refractivity (Wildman–Crippen MR) is 130 cm³/mol. The second-order valence-corrected chi connectivity index (χ2v) is 8.47. The Labute approximate surface area is 199 Å². The van der Waals surface area contributed by atoms with Crippen molar-refractivity contribution in [3.8, 4) is 11.5 Å². The van der Waals surface area contributed by atoms with Crippen LogP contribution in [0, 0.1) is 0 Å². The van der Waals surface area contributed by atoms with Gasteiger partial charge >= 0.3 is 5.97 Å². The fraction of sp³-hybridized carbons (Fsp3) is 0.261. The number of halogens is 1. The van der Waals surface area contributed by atoms with Gasteiger partial charge in [0, 0.05) is 7.05 Å². The highest BCUT2D eigenvalue weighted by atomic mass is 79.9. The number of nitrogens with zero attached hydrogens (tertiary/aromatic N) is 2. The number of aliphatic imine (C=N–C) groups is 1. The van der Waals surface area contributed by atoms with Gasteiger partial charge < -0.3 is 14.2 Å². The highest BCUT2D eigenvalue weighted by Crippen LogP contribution is 2.39. The molecule has 1 aliphatic rings. The molecule has 0 unspecified atom stereocenters. The minimum absolute atomic E-state index is 0.152. The van der Waals surface area contributed by atoms with Crippen LogP contribution in [0.5, 0.6) is 11.5 Å². The number of hydrogen-bond donors (Lipinski definition) is 0. The highest BCUT2D eigenvalue weighted by molar-refractivity contribution is 9.10. The van der Waals surface area contributed by atoms with Crippen LogP contribution in [-0.2, 0) is 9.53 Å². The number of carbonyl (C=O) groups excluding carboxylic acids is 2. The molecular weight excluding hydrogens is 496 g/mol. The molecule has 3 rings (SSSR count). The zero-order chi connectivity index (χ0) is 23.3. The van der Waals surface area contributed by atoms with Gasteiger partial charge in [0.1, 0.15) is 0 Å². The van der Waals surface area contributed by atoms with Crippen molar-refractivity contribution < 1.29 is 23.8 Å². The smallest absolute Gasteiger partial charge is 0.338 e. The third-order valence-corrected chi connectivity index (χ3v) is 6.09. The van der Waals surface area contributed by atoms with Gasteiger partial charge in [-0.05, 0) is 89.6 Å². The van der Waals surface area contributed by atoms with E-state index in [4.69, 9.17) is 14.2 Å². The van der Waals surface area contributed by atoms with E-state index in [2.05, 4.69) is 20.9 Å². The number of esters is 1. The molecule has 0 spiro atoms. The summed E-state index contributed by atoms with van der Waals surface area (Å²) in [5.41, 5.74) is 1.88. The fourth-order valence-electron chi connectivity index (χ4n) is 2.91. The summed E-state index contributed by atoms with van der Waals surface area (Å²) in [5.74, 6) is 0.665. The first-order valence-corrected chi connectivity index (χ1v) is 11.5. The molecule has 1 heterocycles. The molecule has 32 heavy (non-hydrogen) atoms. The predicted octanol–water partition coefficient (Wildman–Crippen LogP) is 5.27. The van der Waals surface area contributed by atoms with Crippen LogP contribution in [-0.4, -0.2) is 49.3 Å². The molecule has 0 radical (unpaired) electrons. The van der Waals surface area contributed by atoms with Gasteiger partial charge in [0.25, 0.3) is 5.91 Å². The van der Waals surface area contributed by atoms with Crippen LogP contribution in [0.2, 0.25) is 0 Å². The third-order valence-electron chi connectivity index (χ3n) is 4.44. The van der Waals surface area contributed by atoms with E-state index in [1.54, 1.807) is 51.4 Å². The molecule has 2 aromatic rings. The van der Waals surface area contributed by atoms with E-state index in [1.807, 2.05) is 19.1 Å². The molecule has 1 saturated heterocycles. The first-order valence-electron chi connectivity index (χ1n) is 9.91. The topological polar surface area (TPSA) is 77.4 Å². The summed E-state index contributed by atoms with van der Waals surface area (Å²) in [6.45, 7) is 4.49. The van der Waals surface area contributed by atoms with Gasteiger partial charge in [-0.2, -0.15) is 0 Å². The molecule has 0 aromatic heterocycles.